The Morgan fingerprint density at radius 2 is 2.32 bits per heavy atom. The number of nitrogens with one attached hydrogen (secondary N) is 1. The van der Waals surface area contributed by atoms with Gasteiger partial charge < -0.3 is 9.88 Å². The molecule has 0 aromatic carbocycles. The van der Waals surface area contributed by atoms with Crippen LogP contribution in [0.4, 0.5) is 0 Å². The number of aromatic nitrogens is 3. The van der Waals surface area contributed by atoms with E-state index in [1.54, 1.807) is 0 Å². The molecule has 1 aliphatic rings. The van der Waals surface area contributed by atoms with Gasteiger partial charge in [-0.25, -0.2) is 0 Å². The maximum absolute atomic E-state index is 11.6. The monoisotopic (exact) mass is 279 g/mol. The summed E-state index contributed by atoms with van der Waals surface area (Å²) in [5, 5.41) is 20.3. The summed E-state index contributed by atoms with van der Waals surface area (Å²) < 4.78 is 2.13. The molecule has 2 rings (SSSR count). The summed E-state index contributed by atoms with van der Waals surface area (Å²) in [6.45, 7) is 1.36. The third-order valence-corrected chi connectivity index (χ3v) is 3.93. The van der Waals surface area contributed by atoms with Gasteiger partial charge in [0.2, 0.25) is 5.91 Å². The molecule has 1 aliphatic heterocycles. The Labute approximate surface area is 116 Å². The van der Waals surface area contributed by atoms with Gasteiger partial charge in [-0.2, -0.15) is 5.26 Å². The first-order chi connectivity index (χ1) is 9.31. The molecule has 1 aromatic heterocycles. The van der Waals surface area contributed by atoms with E-state index in [4.69, 9.17) is 5.26 Å². The Hall–Kier alpha value is -1.55. The zero-order chi connectivity index (χ0) is 13.5. The Morgan fingerprint density at radius 3 is 3.16 bits per heavy atom. The van der Waals surface area contributed by atoms with E-state index in [0.717, 1.165) is 36.8 Å². The second-order valence-corrected chi connectivity index (χ2v) is 5.35. The first kappa shape index (κ1) is 13.9. The number of carbonyl (C=O) groups excluding carboxylic acids is 1. The van der Waals surface area contributed by atoms with Gasteiger partial charge in [-0.15, -0.1) is 10.2 Å². The zero-order valence-electron chi connectivity index (χ0n) is 10.8. The summed E-state index contributed by atoms with van der Waals surface area (Å²) in [6.07, 6.45) is 4.85. The largest absolute Gasteiger partial charge is 0.354 e. The topological polar surface area (TPSA) is 83.6 Å². The number of fused-ring (bicyclic) bond motifs is 1. The fourth-order valence-electron chi connectivity index (χ4n) is 2.00. The van der Waals surface area contributed by atoms with Crippen LogP contribution in [-0.2, 0) is 17.8 Å². The Bertz CT molecular complexity index is 479. The van der Waals surface area contributed by atoms with Crippen molar-refractivity contribution in [2.75, 3.05) is 12.3 Å². The van der Waals surface area contributed by atoms with Crippen molar-refractivity contribution < 1.29 is 4.79 Å². The predicted molar refractivity (Wildman–Crippen MR) is 71.5 cm³/mol. The summed E-state index contributed by atoms with van der Waals surface area (Å²) in [5.41, 5.74) is 0. The molecule has 0 spiro atoms. The minimum absolute atomic E-state index is 0.0637. The van der Waals surface area contributed by atoms with Crippen LogP contribution in [0.2, 0.25) is 0 Å². The fourth-order valence-corrected chi connectivity index (χ4v) is 2.82. The van der Waals surface area contributed by atoms with E-state index >= 15 is 0 Å². The number of rotatable bonds is 5. The third-order valence-electron chi connectivity index (χ3n) is 2.97. The van der Waals surface area contributed by atoms with Crippen molar-refractivity contribution in [2.45, 2.75) is 43.8 Å². The molecule has 2 heterocycles. The highest BCUT2D eigenvalue weighted by molar-refractivity contribution is 7.99. The molecular weight excluding hydrogens is 262 g/mol. The van der Waals surface area contributed by atoms with Crippen LogP contribution >= 0.6 is 11.8 Å². The predicted octanol–water partition coefficient (Wildman–Crippen LogP) is 1.13. The SMILES string of the molecule is N#CCCNC(=O)CSc1nnc2n1CCCCC2. The normalized spacial score (nSPS) is 14.3. The lowest BCUT2D eigenvalue weighted by Gasteiger charge is -2.06. The Kier molecular flexibility index (Phi) is 5.21. The lowest BCUT2D eigenvalue weighted by atomic mass is 10.2. The quantitative estimate of drug-likeness (QED) is 0.645. The van der Waals surface area contributed by atoms with Gasteiger partial charge in [-0.1, -0.05) is 18.2 Å². The summed E-state index contributed by atoms with van der Waals surface area (Å²) in [7, 11) is 0. The highest BCUT2D eigenvalue weighted by Gasteiger charge is 2.15. The molecule has 1 N–H and O–H groups in total. The number of nitriles is 1. The second kappa shape index (κ2) is 7.14. The van der Waals surface area contributed by atoms with E-state index in [1.807, 2.05) is 6.07 Å². The van der Waals surface area contributed by atoms with Crippen LogP contribution in [0.1, 0.15) is 31.5 Å². The lowest BCUT2D eigenvalue weighted by Crippen LogP contribution is -2.26. The lowest BCUT2D eigenvalue weighted by molar-refractivity contribution is -0.118. The van der Waals surface area contributed by atoms with E-state index in [2.05, 4.69) is 20.1 Å². The van der Waals surface area contributed by atoms with Crippen molar-refractivity contribution in [1.29, 1.82) is 5.26 Å². The molecule has 102 valence electrons. The molecule has 0 unspecified atom stereocenters. The van der Waals surface area contributed by atoms with E-state index in [0.29, 0.717) is 18.7 Å². The van der Waals surface area contributed by atoms with Gasteiger partial charge in [-0.3, -0.25) is 4.79 Å². The Balaban J connectivity index is 1.85. The molecule has 0 radical (unpaired) electrons. The van der Waals surface area contributed by atoms with Gasteiger partial charge >= 0.3 is 0 Å². The number of nitrogens with zero attached hydrogens (tertiary/aromatic N) is 4. The molecule has 0 fully saturated rings. The maximum atomic E-state index is 11.6. The van der Waals surface area contributed by atoms with E-state index < -0.39 is 0 Å². The molecule has 19 heavy (non-hydrogen) atoms. The van der Waals surface area contributed by atoms with Crippen LogP contribution in [0.3, 0.4) is 0 Å². The van der Waals surface area contributed by atoms with Crippen molar-refractivity contribution in [1.82, 2.24) is 20.1 Å². The van der Waals surface area contributed by atoms with E-state index in [1.165, 1.54) is 18.2 Å². The molecule has 0 saturated carbocycles. The minimum atomic E-state index is -0.0637. The van der Waals surface area contributed by atoms with Crippen molar-refractivity contribution in [3.63, 3.8) is 0 Å². The first-order valence-corrected chi connectivity index (χ1v) is 7.48. The van der Waals surface area contributed by atoms with Crippen molar-refractivity contribution in [2.24, 2.45) is 0 Å². The standard InChI is InChI=1S/C12H17N5OS/c13-6-4-7-14-11(18)9-19-12-16-15-10-5-2-1-3-8-17(10)12/h1-5,7-9H2,(H,14,18). The van der Waals surface area contributed by atoms with Crippen LogP contribution in [0, 0.1) is 11.3 Å². The molecule has 1 aromatic rings. The highest BCUT2D eigenvalue weighted by Crippen LogP contribution is 2.21. The summed E-state index contributed by atoms with van der Waals surface area (Å²) in [4.78, 5) is 11.6. The summed E-state index contributed by atoms with van der Waals surface area (Å²) in [5.74, 6) is 1.29. The molecular formula is C12H17N5OS. The van der Waals surface area contributed by atoms with Crippen molar-refractivity contribution in [3.8, 4) is 6.07 Å². The smallest absolute Gasteiger partial charge is 0.230 e. The third kappa shape index (κ3) is 3.96. The number of carbonyl (C=O) groups is 1. The van der Waals surface area contributed by atoms with Crippen LogP contribution in [0.5, 0.6) is 0 Å². The van der Waals surface area contributed by atoms with Crippen molar-refractivity contribution >= 4 is 17.7 Å². The first-order valence-electron chi connectivity index (χ1n) is 6.50. The fraction of sp³-hybridized carbons (Fsp3) is 0.667. The van der Waals surface area contributed by atoms with Gasteiger partial charge in [0.1, 0.15) is 5.82 Å². The van der Waals surface area contributed by atoms with Gasteiger partial charge in [0.05, 0.1) is 18.2 Å². The van der Waals surface area contributed by atoms with Crippen molar-refractivity contribution in [3.05, 3.63) is 5.82 Å². The van der Waals surface area contributed by atoms with Crippen LogP contribution in [0.25, 0.3) is 0 Å². The Morgan fingerprint density at radius 1 is 1.42 bits per heavy atom. The van der Waals surface area contributed by atoms with Crippen LogP contribution in [0.15, 0.2) is 5.16 Å². The average Bonchev–Trinajstić information content (AvgIpc) is 2.64. The molecule has 6 nitrogen and oxygen atoms in total. The molecule has 0 aliphatic carbocycles. The molecule has 0 atom stereocenters. The molecule has 0 saturated heterocycles. The average molecular weight is 279 g/mol. The summed E-state index contributed by atoms with van der Waals surface area (Å²) in [6, 6.07) is 1.99. The van der Waals surface area contributed by atoms with E-state index in [9.17, 15) is 4.79 Å². The van der Waals surface area contributed by atoms with Crippen LogP contribution in [-0.4, -0.2) is 33.0 Å². The number of hydrogen-bond acceptors (Lipinski definition) is 5. The number of amides is 1. The van der Waals surface area contributed by atoms with Gasteiger partial charge in [-0.05, 0) is 12.8 Å². The van der Waals surface area contributed by atoms with Gasteiger partial charge in [0.25, 0.3) is 0 Å². The van der Waals surface area contributed by atoms with Crippen LogP contribution < -0.4 is 5.32 Å². The molecule has 0 bridgehead atoms. The zero-order valence-corrected chi connectivity index (χ0v) is 11.6. The molecule has 7 heteroatoms. The molecule has 1 amide bonds. The van der Waals surface area contributed by atoms with Gasteiger partial charge in [0.15, 0.2) is 5.16 Å². The maximum Gasteiger partial charge on any atom is 0.230 e. The van der Waals surface area contributed by atoms with E-state index in [-0.39, 0.29) is 5.91 Å². The summed E-state index contributed by atoms with van der Waals surface area (Å²) >= 11 is 1.41. The second-order valence-electron chi connectivity index (χ2n) is 4.41. The van der Waals surface area contributed by atoms with Gasteiger partial charge in [0, 0.05) is 19.5 Å². The number of aryl methyl sites for hydroxylation is 1. The minimum Gasteiger partial charge on any atom is -0.354 e. The number of thioether (sulfide) groups is 1. The highest BCUT2D eigenvalue weighted by atomic mass is 32.2. The number of hydrogen-bond donors (Lipinski definition) is 1.